The summed E-state index contributed by atoms with van der Waals surface area (Å²) in [6.07, 6.45) is 0. The Morgan fingerprint density at radius 1 is 1.18 bits per heavy atom. The number of allylic oxidation sites excluding steroid dienone is 3. The number of rotatable bonds is 2. The van der Waals surface area contributed by atoms with Gasteiger partial charge in [-0.1, -0.05) is 6.58 Å². The van der Waals surface area contributed by atoms with Crippen LogP contribution < -0.4 is 11.5 Å². The molecule has 0 saturated carbocycles. The molecular weight excluding hydrogens is 138 g/mol. The smallest absolute Gasteiger partial charge is 0.0717 e. The number of nitrogens with zero attached hydrogens (tertiary/aromatic N) is 1. The summed E-state index contributed by atoms with van der Waals surface area (Å²) in [6, 6.07) is 0. The molecule has 3 heteroatoms. The van der Waals surface area contributed by atoms with Crippen molar-refractivity contribution in [2.24, 2.45) is 16.5 Å². The summed E-state index contributed by atoms with van der Waals surface area (Å²) < 4.78 is 0. The van der Waals surface area contributed by atoms with Crippen molar-refractivity contribution in [3.05, 3.63) is 23.7 Å². The van der Waals surface area contributed by atoms with E-state index in [1.54, 1.807) is 13.8 Å². The van der Waals surface area contributed by atoms with Crippen LogP contribution in [0.25, 0.3) is 0 Å². The maximum absolute atomic E-state index is 5.59. The second-order valence-corrected chi connectivity index (χ2v) is 2.53. The Balaban J connectivity index is 4.63. The molecule has 4 N–H and O–H groups in total. The highest BCUT2D eigenvalue weighted by molar-refractivity contribution is 5.98. The highest BCUT2D eigenvalue weighted by Gasteiger charge is 1.97. The van der Waals surface area contributed by atoms with Gasteiger partial charge in [-0.3, -0.25) is 4.99 Å². The molecule has 0 aliphatic rings. The van der Waals surface area contributed by atoms with E-state index >= 15 is 0 Å². The first kappa shape index (κ1) is 9.75. The Labute approximate surface area is 67.5 Å². The van der Waals surface area contributed by atoms with E-state index in [-0.39, 0.29) is 0 Å². The van der Waals surface area contributed by atoms with E-state index in [1.807, 2.05) is 6.92 Å². The average molecular weight is 153 g/mol. The third kappa shape index (κ3) is 3.45. The fourth-order valence-electron chi connectivity index (χ4n) is 0.632. The van der Waals surface area contributed by atoms with E-state index < -0.39 is 0 Å². The third-order valence-electron chi connectivity index (χ3n) is 1.17. The molecule has 0 amide bonds. The van der Waals surface area contributed by atoms with Crippen molar-refractivity contribution in [2.45, 2.75) is 20.8 Å². The van der Waals surface area contributed by atoms with Crippen LogP contribution in [0.15, 0.2) is 28.7 Å². The van der Waals surface area contributed by atoms with Crippen LogP contribution in [0, 0.1) is 0 Å². The van der Waals surface area contributed by atoms with Crippen LogP contribution in [0.3, 0.4) is 0 Å². The molecule has 0 radical (unpaired) electrons. The Morgan fingerprint density at radius 3 is 1.91 bits per heavy atom. The molecule has 0 saturated heterocycles. The second-order valence-electron chi connectivity index (χ2n) is 2.53. The fourth-order valence-corrected chi connectivity index (χ4v) is 0.632. The van der Waals surface area contributed by atoms with Gasteiger partial charge in [-0.05, 0) is 20.8 Å². The lowest BCUT2D eigenvalue weighted by Gasteiger charge is -2.02. The van der Waals surface area contributed by atoms with Crippen molar-refractivity contribution in [3.8, 4) is 0 Å². The van der Waals surface area contributed by atoms with Crippen molar-refractivity contribution in [1.29, 1.82) is 0 Å². The quantitative estimate of drug-likeness (QED) is 0.584. The van der Waals surface area contributed by atoms with Gasteiger partial charge in [0.15, 0.2) is 0 Å². The maximum Gasteiger partial charge on any atom is 0.0717 e. The van der Waals surface area contributed by atoms with Crippen LogP contribution in [0.1, 0.15) is 20.8 Å². The largest absolute Gasteiger partial charge is 0.401 e. The first-order valence-electron chi connectivity index (χ1n) is 3.38. The predicted molar refractivity (Wildman–Crippen MR) is 49.0 cm³/mol. The second kappa shape index (κ2) is 3.81. The highest BCUT2D eigenvalue weighted by atomic mass is 14.8. The van der Waals surface area contributed by atoms with Crippen molar-refractivity contribution in [3.63, 3.8) is 0 Å². The Kier molecular flexibility index (Phi) is 3.37. The van der Waals surface area contributed by atoms with Crippen LogP contribution in [0.4, 0.5) is 0 Å². The van der Waals surface area contributed by atoms with Gasteiger partial charge in [0, 0.05) is 11.4 Å². The molecule has 62 valence electrons. The summed E-state index contributed by atoms with van der Waals surface area (Å²) in [5, 5.41) is 0. The SMILES string of the molecule is C=C(C)/N=C(C)\C(N)=C(\C)N. The molecule has 0 spiro atoms. The molecule has 0 unspecified atom stereocenters. The first-order valence-corrected chi connectivity index (χ1v) is 3.38. The molecule has 0 heterocycles. The van der Waals surface area contributed by atoms with Crippen molar-refractivity contribution >= 4 is 5.71 Å². The van der Waals surface area contributed by atoms with E-state index in [0.29, 0.717) is 11.4 Å². The van der Waals surface area contributed by atoms with Gasteiger partial charge in [0.05, 0.1) is 11.4 Å². The number of hydrogen-bond donors (Lipinski definition) is 2. The van der Waals surface area contributed by atoms with Crippen LogP contribution in [0.2, 0.25) is 0 Å². The van der Waals surface area contributed by atoms with Gasteiger partial charge in [-0.15, -0.1) is 0 Å². The average Bonchev–Trinajstić information content (AvgIpc) is 1.84. The molecule has 11 heavy (non-hydrogen) atoms. The van der Waals surface area contributed by atoms with E-state index in [9.17, 15) is 0 Å². The third-order valence-corrected chi connectivity index (χ3v) is 1.17. The minimum absolute atomic E-state index is 0.535. The van der Waals surface area contributed by atoms with Crippen LogP contribution in [-0.4, -0.2) is 5.71 Å². The van der Waals surface area contributed by atoms with Gasteiger partial charge in [0.1, 0.15) is 0 Å². The number of hydrogen-bond acceptors (Lipinski definition) is 3. The zero-order valence-corrected chi connectivity index (χ0v) is 7.31. The van der Waals surface area contributed by atoms with E-state index in [1.165, 1.54) is 0 Å². The van der Waals surface area contributed by atoms with E-state index in [0.717, 1.165) is 11.4 Å². The lowest BCUT2D eigenvalue weighted by molar-refractivity contribution is 1.21. The molecule has 0 aromatic heterocycles. The van der Waals surface area contributed by atoms with Crippen molar-refractivity contribution in [1.82, 2.24) is 0 Å². The molecule has 0 aliphatic heterocycles. The van der Waals surface area contributed by atoms with Crippen LogP contribution in [-0.2, 0) is 0 Å². The van der Waals surface area contributed by atoms with Crippen LogP contribution in [0.5, 0.6) is 0 Å². The number of aliphatic imine (C=N–C) groups is 1. The summed E-state index contributed by atoms with van der Waals surface area (Å²) in [5.74, 6) is 0. The zero-order chi connectivity index (χ0) is 9.02. The number of nitrogens with two attached hydrogens (primary N) is 2. The monoisotopic (exact) mass is 153 g/mol. The molecule has 0 aromatic carbocycles. The molecule has 0 atom stereocenters. The maximum atomic E-state index is 5.59. The minimum atomic E-state index is 0.535. The van der Waals surface area contributed by atoms with Gasteiger partial charge in [0.25, 0.3) is 0 Å². The predicted octanol–water partition coefficient (Wildman–Crippen LogP) is 1.13. The molecule has 0 aromatic rings. The molecule has 0 fully saturated rings. The van der Waals surface area contributed by atoms with Gasteiger partial charge in [-0.25, -0.2) is 0 Å². The summed E-state index contributed by atoms with van der Waals surface area (Å²) in [5.41, 5.74) is 13.6. The Morgan fingerprint density at radius 2 is 1.64 bits per heavy atom. The van der Waals surface area contributed by atoms with Crippen molar-refractivity contribution in [2.75, 3.05) is 0 Å². The van der Waals surface area contributed by atoms with Gasteiger partial charge in [0.2, 0.25) is 0 Å². The van der Waals surface area contributed by atoms with Crippen LogP contribution >= 0.6 is 0 Å². The Bertz CT molecular complexity index is 219. The molecule has 0 bridgehead atoms. The topological polar surface area (TPSA) is 64.4 Å². The lowest BCUT2D eigenvalue weighted by atomic mass is 10.2. The van der Waals surface area contributed by atoms with Crippen molar-refractivity contribution < 1.29 is 0 Å². The van der Waals surface area contributed by atoms with Gasteiger partial charge >= 0.3 is 0 Å². The molecule has 0 rings (SSSR count). The highest BCUT2D eigenvalue weighted by Crippen LogP contribution is 1.98. The van der Waals surface area contributed by atoms with Gasteiger partial charge in [-0.2, -0.15) is 0 Å². The molecule has 0 aliphatic carbocycles. The standard InChI is InChI=1S/C8H15N3/c1-5(2)11-7(4)8(10)6(3)9/h1,9-10H2,2-4H3/b8-6+,11-7-. The Hall–Kier alpha value is -1.25. The molecular formula is C8H15N3. The summed E-state index contributed by atoms with van der Waals surface area (Å²) >= 11 is 0. The summed E-state index contributed by atoms with van der Waals surface area (Å²) in [4.78, 5) is 4.06. The normalized spacial score (nSPS) is 14.3. The summed E-state index contributed by atoms with van der Waals surface area (Å²) in [7, 11) is 0. The first-order chi connectivity index (χ1) is 4.95. The van der Waals surface area contributed by atoms with E-state index in [2.05, 4.69) is 11.6 Å². The lowest BCUT2D eigenvalue weighted by Crippen LogP contribution is -2.14. The molecule has 3 nitrogen and oxygen atoms in total. The zero-order valence-electron chi connectivity index (χ0n) is 7.31. The van der Waals surface area contributed by atoms with Gasteiger partial charge < -0.3 is 11.5 Å². The van der Waals surface area contributed by atoms with E-state index in [4.69, 9.17) is 11.5 Å². The fraction of sp³-hybridized carbons (Fsp3) is 0.375. The summed E-state index contributed by atoms with van der Waals surface area (Å²) in [6.45, 7) is 8.99. The minimum Gasteiger partial charge on any atom is -0.401 e.